The number of carbonyl (C=O) groups is 2. The van der Waals surface area contributed by atoms with E-state index in [9.17, 15) is 9.59 Å². The van der Waals surface area contributed by atoms with E-state index in [1.165, 1.54) is 0 Å². The van der Waals surface area contributed by atoms with Crippen LogP contribution in [0, 0.1) is 0 Å². The van der Waals surface area contributed by atoms with Crippen LogP contribution in [0.15, 0.2) is 30.3 Å². The molecule has 0 saturated heterocycles. The monoisotopic (exact) mass is 221 g/mol. The van der Waals surface area contributed by atoms with Crippen LogP contribution in [0.3, 0.4) is 0 Å². The van der Waals surface area contributed by atoms with Gasteiger partial charge in [-0.25, -0.2) is 10.2 Å². The molecule has 1 aromatic carbocycles. The van der Waals surface area contributed by atoms with Gasteiger partial charge >= 0.3 is 6.03 Å². The first-order valence-corrected chi connectivity index (χ1v) is 5.09. The van der Waals surface area contributed by atoms with Gasteiger partial charge in [0.05, 0.1) is 0 Å². The highest BCUT2D eigenvalue weighted by Crippen LogP contribution is 1.95. The molecule has 1 aromatic rings. The van der Waals surface area contributed by atoms with Crippen LogP contribution in [0.1, 0.15) is 18.9 Å². The summed E-state index contributed by atoms with van der Waals surface area (Å²) in [4.78, 5) is 22.0. The van der Waals surface area contributed by atoms with Gasteiger partial charge in [-0.1, -0.05) is 37.3 Å². The Hall–Kier alpha value is -1.88. The lowest BCUT2D eigenvalue weighted by Gasteiger charge is -2.07. The molecule has 0 aliphatic carbocycles. The van der Waals surface area contributed by atoms with Crippen molar-refractivity contribution in [2.24, 2.45) is 0 Å². The molecule has 1 rings (SSSR count). The zero-order chi connectivity index (χ0) is 11.8. The van der Waals surface area contributed by atoms with Gasteiger partial charge < -0.3 is 0 Å². The van der Waals surface area contributed by atoms with E-state index in [4.69, 9.17) is 0 Å². The number of hydrogen-bond donors (Lipinski definition) is 3. The lowest BCUT2D eigenvalue weighted by Crippen LogP contribution is -2.45. The van der Waals surface area contributed by atoms with Gasteiger partial charge in [0.25, 0.3) is 0 Å². The van der Waals surface area contributed by atoms with E-state index in [-0.39, 0.29) is 12.3 Å². The maximum Gasteiger partial charge on any atom is 0.335 e. The number of hydrazine groups is 1. The highest BCUT2D eigenvalue weighted by Gasteiger charge is 2.03. The number of urea groups is 1. The van der Waals surface area contributed by atoms with Crippen molar-refractivity contribution in [2.45, 2.75) is 19.9 Å². The fraction of sp³-hybridized carbons (Fsp3) is 0.273. The van der Waals surface area contributed by atoms with Gasteiger partial charge in [-0.2, -0.15) is 0 Å². The molecule has 3 N–H and O–H groups in total. The van der Waals surface area contributed by atoms with E-state index in [1.54, 1.807) is 6.92 Å². The summed E-state index contributed by atoms with van der Waals surface area (Å²) in [5.41, 5.74) is 6.14. The molecule has 86 valence electrons. The van der Waals surface area contributed by atoms with Crippen LogP contribution < -0.4 is 16.2 Å². The van der Waals surface area contributed by atoms with Gasteiger partial charge in [0.1, 0.15) is 0 Å². The van der Waals surface area contributed by atoms with Crippen LogP contribution >= 0.6 is 0 Å². The summed E-state index contributed by atoms with van der Waals surface area (Å²) in [5, 5.41) is 2.16. The quantitative estimate of drug-likeness (QED) is 0.662. The second-order valence-corrected chi connectivity index (χ2v) is 3.20. The van der Waals surface area contributed by atoms with Crippen LogP contribution in [-0.2, 0) is 11.3 Å². The summed E-state index contributed by atoms with van der Waals surface area (Å²) in [5.74, 6) is -0.306. The minimum absolute atomic E-state index is 0.284. The standard InChI is InChI=1S/C11H15N3O2/c1-2-10(15)13-11(16)14-12-8-9-6-4-3-5-7-9/h3-7,12H,2,8H2,1H3,(H2,13,14,15,16). The van der Waals surface area contributed by atoms with Gasteiger partial charge in [-0.3, -0.25) is 15.5 Å². The van der Waals surface area contributed by atoms with Gasteiger partial charge in [0.15, 0.2) is 0 Å². The van der Waals surface area contributed by atoms with Gasteiger partial charge in [0.2, 0.25) is 5.91 Å². The molecule has 0 radical (unpaired) electrons. The first-order valence-electron chi connectivity index (χ1n) is 5.09. The fourth-order valence-corrected chi connectivity index (χ4v) is 1.07. The zero-order valence-electron chi connectivity index (χ0n) is 9.12. The third-order valence-electron chi connectivity index (χ3n) is 1.91. The molecule has 0 spiro atoms. The van der Waals surface area contributed by atoms with Gasteiger partial charge in [-0.05, 0) is 5.56 Å². The van der Waals surface area contributed by atoms with Crippen LogP contribution in [0.4, 0.5) is 4.79 Å². The molecule has 0 aliphatic heterocycles. The highest BCUT2D eigenvalue weighted by molar-refractivity contribution is 5.93. The lowest BCUT2D eigenvalue weighted by molar-refractivity contribution is -0.119. The topological polar surface area (TPSA) is 70.2 Å². The smallest absolute Gasteiger partial charge is 0.277 e. The Balaban J connectivity index is 2.21. The number of carbonyl (C=O) groups excluding carboxylic acids is 2. The molecule has 0 aliphatic rings. The molecular formula is C11H15N3O2. The first kappa shape index (κ1) is 12.2. The average Bonchev–Trinajstić information content (AvgIpc) is 2.30. The predicted molar refractivity (Wildman–Crippen MR) is 60.2 cm³/mol. The zero-order valence-corrected chi connectivity index (χ0v) is 9.12. The van der Waals surface area contributed by atoms with Crippen LogP contribution in [0.25, 0.3) is 0 Å². The largest absolute Gasteiger partial charge is 0.335 e. The Morgan fingerprint density at radius 1 is 1.19 bits per heavy atom. The maximum atomic E-state index is 11.1. The van der Waals surface area contributed by atoms with Crippen LogP contribution in [0.2, 0.25) is 0 Å². The van der Waals surface area contributed by atoms with Crippen molar-refractivity contribution < 1.29 is 9.59 Å². The van der Waals surface area contributed by atoms with E-state index < -0.39 is 6.03 Å². The Morgan fingerprint density at radius 2 is 1.88 bits per heavy atom. The second kappa shape index (κ2) is 6.58. The molecule has 0 saturated carbocycles. The molecule has 5 nitrogen and oxygen atoms in total. The van der Waals surface area contributed by atoms with Crippen molar-refractivity contribution in [1.82, 2.24) is 16.2 Å². The molecule has 0 unspecified atom stereocenters. The molecule has 0 atom stereocenters. The summed E-state index contributed by atoms with van der Waals surface area (Å²) in [6.45, 7) is 2.19. The normalized spacial score (nSPS) is 9.56. The van der Waals surface area contributed by atoms with Crippen molar-refractivity contribution in [1.29, 1.82) is 0 Å². The summed E-state index contributed by atoms with van der Waals surface area (Å²) in [7, 11) is 0. The van der Waals surface area contributed by atoms with Crippen LogP contribution in [0.5, 0.6) is 0 Å². The molecule has 0 aromatic heterocycles. The van der Waals surface area contributed by atoms with E-state index in [0.29, 0.717) is 6.54 Å². The first-order chi connectivity index (χ1) is 7.72. The van der Waals surface area contributed by atoms with E-state index in [0.717, 1.165) is 5.56 Å². The predicted octanol–water partition coefficient (Wildman–Crippen LogP) is 0.927. The Kier molecular flexibility index (Phi) is 5.01. The van der Waals surface area contributed by atoms with Crippen molar-refractivity contribution in [3.8, 4) is 0 Å². The third kappa shape index (κ3) is 4.56. The van der Waals surface area contributed by atoms with Gasteiger partial charge in [-0.15, -0.1) is 0 Å². The number of hydrogen-bond acceptors (Lipinski definition) is 3. The van der Waals surface area contributed by atoms with Crippen molar-refractivity contribution in [3.05, 3.63) is 35.9 Å². The Labute approximate surface area is 94.2 Å². The summed E-state index contributed by atoms with van der Waals surface area (Å²) in [6, 6.07) is 9.08. The number of nitrogens with one attached hydrogen (secondary N) is 3. The third-order valence-corrected chi connectivity index (χ3v) is 1.91. The molecule has 0 heterocycles. The summed E-state index contributed by atoms with van der Waals surface area (Å²) < 4.78 is 0. The van der Waals surface area contributed by atoms with Crippen molar-refractivity contribution >= 4 is 11.9 Å². The summed E-state index contributed by atoms with van der Waals surface area (Å²) in [6.07, 6.45) is 0.284. The molecule has 16 heavy (non-hydrogen) atoms. The van der Waals surface area contributed by atoms with E-state index in [2.05, 4.69) is 16.2 Å². The van der Waals surface area contributed by atoms with Gasteiger partial charge in [0, 0.05) is 13.0 Å². The van der Waals surface area contributed by atoms with E-state index in [1.807, 2.05) is 30.3 Å². The number of imide groups is 1. The number of amides is 3. The number of benzene rings is 1. The van der Waals surface area contributed by atoms with Crippen molar-refractivity contribution in [3.63, 3.8) is 0 Å². The molecular weight excluding hydrogens is 206 g/mol. The molecule has 0 bridgehead atoms. The Bertz CT molecular complexity index is 352. The maximum absolute atomic E-state index is 11.1. The second-order valence-electron chi connectivity index (χ2n) is 3.20. The molecule has 3 amide bonds. The minimum Gasteiger partial charge on any atom is -0.277 e. The lowest BCUT2D eigenvalue weighted by atomic mass is 10.2. The SMILES string of the molecule is CCC(=O)NC(=O)NNCc1ccccc1. The van der Waals surface area contributed by atoms with Crippen LogP contribution in [-0.4, -0.2) is 11.9 Å². The molecule has 0 fully saturated rings. The minimum atomic E-state index is -0.539. The van der Waals surface area contributed by atoms with Crippen molar-refractivity contribution in [2.75, 3.05) is 0 Å². The fourth-order valence-electron chi connectivity index (χ4n) is 1.07. The highest BCUT2D eigenvalue weighted by atomic mass is 16.2. The summed E-state index contributed by atoms with van der Waals surface area (Å²) >= 11 is 0. The Morgan fingerprint density at radius 3 is 2.50 bits per heavy atom. The van der Waals surface area contributed by atoms with E-state index >= 15 is 0 Å². The number of rotatable bonds is 4. The average molecular weight is 221 g/mol. The molecule has 5 heteroatoms.